The van der Waals surface area contributed by atoms with Gasteiger partial charge in [0.05, 0.1) is 6.61 Å². The van der Waals surface area contributed by atoms with Crippen molar-refractivity contribution < 1.29 is 4.74 Å². The number of rotatable bonds is 7. The highest BCUT2D eigenvalue weighted by atomic mass is 16.5. The van der Waals surface area contributed by atoms with Crippen LogP contribution in [0.4, 0.5) is 0 Å². The lowest BCUT2D eigenvalue weighted by molar-refractivity contribution is 0.305. The van der Waals surface area contributed by atoms with Gasteiger partial charge in [0.2, 0.25) is 0 Å². The Hall–Kier alpha value is -1.02. The molecule has 0 amide bonds. The molecular formula is C19H35NO. The van der Waals surface area contributed by atoms with E-state index in [0.29, 0.717) is 0 Å². The van der Waals surface area contributed by atoms with Gasteiger partial charge in [0.15, 0.2) is 0 Å². The minimum Gasteiger partial charge on any atom is -0.493 e. The van der Waals surface area contributed by atoms with Crippen molar-refractivity contribution in [2.24, 2.45) is 0 Å². The van der Waals surface area contributed by atoms with Crippen LogP contribution in [-0.4, -0.2) is 6.61 Å². The van der Waals surface area contributed by atoms with E-state index in [-0.39, 0.29) is 17.0 Å². The van der Waals surface area contributed by atoms with Crippen molar-refractivity contribution in [3.8, 4) is 5.75 Å². The molecule has 122 valence electrons. The smallest absolute Gasteiger partial charge is 0.123 e. The lowest BCUT2D eigenvalue weighted by Crippen LogP contribution is -2.21. The first-order valence-corrected chi connectivity index (χ1v) is 8.06. The van der Waals surface area contributed by atoms with Gasteiger partial charge in [-0.25, -0.2) is 0 Å². The van der Waals surface area contributed by atoms with E-state index in [1.165, 1.54) is 11.1 Å². The Bertz CT molecular complexity index is 435. The van der Waals surface area contributed by atoms with Gasteiger partial charge in [0.1, 0.15) is 5.75 Å². The lowest BCUT2D eigenvalue weighted by atomic mass is 9.76. The maximum absolute atomic E-state index is 5.98. The van der Waals surface area contributed by atoms with Gasteiger partial charge in [-0.2, -0.15) is 0 Å². The van der Waals surface area contributed by atoms with Gasteiger partial charge in [0, 0.05) is 5.56 Å². The Kier molecular flexibility index (Phi) is 7.46. The van der Waals surface area contributed by atoms with Crippen LogP contribution in [0.25, 0.3) is 0 Å². The highest BCUT2D eigenvalue weighted by Crippen LogP contribution is 2.38. The minimum absolute atomic E-state index is 0. The molecule has 0 saturated carbocycles. The van der Waals surface area contributed by atoms with Crippen molar-refractivity contribution in [2.45, 2.75) is 78.6 Å². The Morgan fingerprint density at radius 3 is 1.95 bits per heavy atom. The van der Waals surface area contributed by atoms with Crippen molar-refractivity contribution in [3.05, 3.63) is 29.3 Å². The summed E-state index contributed by atoms with van der Waals surface area (Å²) in [7, 11) is 0. The number of ether oxygens (including phenoxy) is 1. The molecule has 0 aliphatic heterocycles. The van der Waals surface area contributed by atoms with Crippen LogP contribution in [0.5, 0.6) is 5.75 Å². The summed E-state index contributed by atoms with van der Waals surface area (Å²) >= 11 is 0. The molecule has 0 fully saturated rings. The third kappa shape index (κ3) is 4.74. The number of hydrogen-bond acceptors (Lipinski definition) is 2. The molecule has 2 heteroatoms. The van der Waals surface area contributed by atoms with E-state index in [9.17, 15) is 0 Å². The minimum atomic E-state index is 0. The van der Waals surface area contributed by atoms with E-state index in [0.717, 1.165) is 31.6 Å². The molecule has 0 atom stereocenters. The van der Waals surface area contributed by atoms with E-state index in [1.807, 2.05) is 0 Å². The van der Waals surface area contributed by atoms with Crippen molar-refractivity contribution in [3.63, 3.8) is 0 Å². The molecule has 0 radical (unpaired) electrons. The van der Waals surface area contributed by atoms with Gasteiger partial charge in [-0.05, 0) is 41.7 Å². The van der Waals surface area contributed by atoms with E-state index >= 15 is 0 Å². The molecule has 3 N–H and O–H groups in total. The van der Waals surface area contributed by atoms with Crippen LogP contribution in [0.15, 0.2) is 18.2 Å². The largest absolute Gasteiger partial charge is 0.493 e. The fourth-order valence-electron chi connectivity index (χ4n) is 2.21. The molecule has 0 bridgehead atoms. The SMILES string of the molecule is CCCOc1ccc(C(C)(C)CC)cc1C(C)(C)CC.N. The van der Waals surface area contributed by atoms with Crippen molar-refractivity contribution >= 4 is 0 Å². The highest BCUT2D eigenvalue weighted by molar-refractivity contribution is 5.44. The van der Waals surface area contributed by atoms with Gasteiger partial charge in [-0.3, -0.25) is 0 Å². The molecule has 0 aliphatic rings. The third-order valence-corrected chi connectivity index (χ3v) is 4.72. The Morgan fingerprint density at radius 1 is 0.905 bits per heavy atom. The molecule has 0 unspecified atom stereocenters. The van der Waals surface area contributed by atoms with E-state index in [4.69, 9.17) is 4.74 Å². The molecule has 1 rings (SSSR count). The Labute approximate surface area is 131 Å². The van der Waals surface area contributed by atoms with Gasteiger partial charge in [-0.15, -0.1) is 0 Å². The summed E-state index contributed by atoms with van der Waals surface area (Å²) in [6, 6.07) is 6.79. The maximum Gasteiger partial charge on any atom is 0.123 e. The van der Waals surface area contributed by atoms with Crippen LogP contribution in [0.3, 0.4) is 0 Å². The molecule has 2 nitrogen and oxygen atoms in total. The van der Waals surface area contributed by atoms with Crippen molar-refractivity contribution in [1.29, 1.82) is 0 Å². The summed E-state index contributed by atoms with van der Waals surface area (Å²) in [5.41, 5.74) is 3.15. The van der Waals surface area contributed by atoms with Crippen LogP contribution in [0.2, 0.25) is 0 Å². The second kappa shape index (κ2) is 7.84. The fourth-order valence-corrected chi connectivity index (χ4v) is 2.21. The van der Waals surface area contributed by atoms with Gasteiger partial charge < -0.3 is 10.9 Å². The van der Waals surface area contributed by atoms with Crippen LogP contribution < -0.4 is 10.9 Å². The first kappa shape index (κ1) is 20.0. The van der Waals surface area contributed by atoms with E-state index in [1.54, 1.807) is 0 Å². The maximum atomic E-state index is 5.98. The normalized spacial score (nSPS) is 12.0. The zero-order chi connectivity index (χ0) is 15.4. The topological polar surface area (TPSA) is 44.2 Å². The molecule has 0 spiro atoms. The Balaban J connectivity index is 0.00000400. The monoisotopic (exact) mass is 293 g/mol. The second-order valence-corrected chi connectivity index (χ2v) is 7.03. The molecule has 21 heavy (non-hydrogen) atoms. The van der Waals surface area contributed by atoms with E-state index in [2.05, 4.69) is 66.7 Å². The molecular weight excluding hydrogens is 258 g/mol. The average Bonchev–Trinajstić information content (AvgIpc) is 2.44. The standard InChI is InChI=1S/C19H32O.H3N/c1-8-13-20-17-12-11-15(18(4,5)9-2)14-16(17)19(6,7)10-3;/h11-12,14H,8-10,13H2,1-7H3;1H3. The number of benzene rings is 1. The predicted molar refractivity (Wildman–Crippen MR) is 93.9 cm³/mol. The van der Waals surface area contributed by atoms with Gasteiger partial charge in [-0.1, -0.05) is 60.6 Å². The molecule has 0 saturated heterocycles. The summed E-state index contributed by atoms with van der Waals surface area (Å²) in [5, 5.41) is 0. The zero-order valence-electron chi connectivity index (χ0n) is 15.2. The quantitative estimate of drug-likeness (QED) is 0.668. The summed E-state index contributed by atoms with van der Waals surface area (Å²) < 4.78 is 5.98. The summed E-state index contributed by atoms with van der Waals surface area (Å²) in [6.45, 7) is 16.7. The molecule has 1 aromatic carbocycles. The number of hydrogen-bond donors (Lipinski definition) is 1. The molecule has 0 aromatic heterocycles. The Morgan fingerprint density at radius 2 is 1.48 bits per heavy atom. The van der Waals surface area contributed by atoms with Crippen LogP contribution in [0, 0.1) is 0 Å². The second-order valence-electron chi connectivity index (χ2n) is 7.03. The third-order valence-electron chi connectivity index (χ3n) is 4.72. The van der Waals surface area contributed by atoms with Crippen molar-refractivity contribution in [1.82, 2.24) is 6.15 Å². The van der Waals surface area contributed by atoms with Crippen molar-refractivity contribution in [2.75, 3.05) is 6.61 Å². The first-order valence-electron chi connectivity index (χ1n) is 8.06. The average molecular weight is 293 g/mol. The van der Waals surface area contributed by atoms with Crippen LogP contribution in [0.1, 0.15) is 78.9 Å². The summed E-state index contributed by atoms with van der Waals surface area (Å²) in [4.78, 5) is 0. The first-order chi connectivity index (χ1) is 9.28. The molecule has 0 heterocycles. The van der Waals surface area contributed by atoms with Gasteiger partial charge in [0.25, 0.3) is 0 Å². The fraction of sp³-hybridized carbons (Fsp3) is 0.684. The summed E-state index contributed by atoms with van der Waals surface area (Å²) in [5.74, 6) is 1.06. The summed E-state index contributed by atoms with van der Waals surface area (Å²) in [6.07, 6.45) is 3.31. The molecule has 0 aliphatic carbocycles. The van der Waals surface area contributed by atoms with Crippen LogP contribution in [-0.2, 0) is 10.8 Å². The van der Waals surface area contributed by atoms with E-state index < -0.39 is 0 Å². The highest BCUT2D eigenvalue weighted by Gasteiger charge is 2.26. The lowest BCUT2D eigenvalue weighted by Gasteiger charge is -2.30. The van der Waals surface area contributed by atoms with Gasteiger partial charge >= 0.3 is 0 Å². The predicted octanol–water partition coefficient (Wildman–Crippen LogP) is 6.01. The van der Waals surface area contributed by atoms with Crippen LogP contribution >= 0.6 is 0 Å². The zero-order valence-corrected chi connectivity index (χ0v) is 15.2. The molecule has 1 aromatic rings.